The molecule has 3 heterocycles. The number of hydrogen-bond donors (Lipinski definition) is 1. The van der Waals surface area contributed by atoms with Crippen LogP contribution < -0.4 is 5.32 Å². The van der Waals surface area contributed by atoms with Crippen LogP contribution in [0.15, 0.2) is 35.7 Å². The third-order valence-corrected chi connectivity index (χ3v) is 6.34. The summed E-state index contributed by atoms with van der Waals surface area (Å²) in [4.78, 5) is 16.7. The van der Waals surface area contributed by atoms with Gasteiger partial charge in [-0.3, -0.25) is 9.69 Å². The van der Waals surface area contributed by atoms with E-state index in [4.69, 9.17) is 0 Å². The number of thiophene rings is 1. The molecular weight excluding hydrogens is 304 g/mol. The second-order valence-corrected chi connectivity index (χ2v) is 7.90. The minimum atomic E-state index is -0.252. The van der Waals surface area contributed by atoms with Crippen molar-refractivity contribution in [1.82, 2.24) is 10.2 Å². The number of aryl methyl sites for hydroxylation is 1. The quantitative estimate of drug-likeness (QED) is 0.919. The number of amides is 1. The van der Waals surface area contributed by atoms with Gasteiger partial charge in [-0.1, -0.05) is 24.3 Å². The van der Waals surface area contributed by atoms with Crippen LogP contribution in [0.3, 0.4) is 0 Å². The Morgan fingerprint density at radius 3 is 2.87 bits per heavy atom. The molecule has 2 aliphatic rings. The summed E-state index contributed by atoms with van der Waals surface area (Å²) in [6, 6.07) is 10.6. The Balaban J connectivity index is 1.56. The van der Waals surface area contributed by atoms with Gasteiger partial charge in [0, 0.05) is 24.5 Å². The van der Waals surface area contributed by atoms with Crippen LogP contribution in [0, 0.1) is 12.3 Å². The zero-order valence-corrected chi connectivity index (χ0v) is 14.3. The van der Waals surface area contributed by atoms with E-state index in [0.29, 0.717) is 6.54 Å². The molecule has 4 rings (SSSR count). The topological polar surface area (TPSA) is 32.3 Å². The molecule has 2 aromatic rings. The van der Waals surface area contributed by atoms with Gasteiger partial charge in [-0.2, -0.15) is 0 Å². The van der Waals surface area contributed by atoms with Gasteiger partial charge in [-0.05, 0) is 54.4 Å². The Kier molecular flexibility index (Phi) is 3.74. The fourth-order valence-electron chi connectivity index (χ4n) is 3.90. The normalized spacial score (nSPS) is 24.5. The molecular formula is C19H22N2OS. The molecule has 0 bridgehead atoms. The summed E-state index contributed by atoms with van der Waals surface area (Å²) >= 11 is 1.82. The molecule has 0 aliphatic carbocycles. The number of benzene rings is 1. The van der Waals surface area contributed by atoms with Gasteiger partial charge in [0.15, 0.2) is 0 Å². The Bertz CT molecular complexity index is 738. The van der Waals surface area contributed by atoms with Crippen molar-refractivity contribution in [3.63, 3.8) is 0 Å². The van der Waals surface area contributed by atoms with Gasteiger partial charge < -0.3 is 5.32 Å². The highest BCUT2D eigenvalue weighted by atomic mass is 32.1. The van der Waals surface area contributed by atoms with Gasteiger partial charge in [0.25, 0.3) is 0 Å². The molecule has 120 valence electrons. The predicted molar refractivity (Wildman–Crippen MR) is 93.4 cm³/mol. The first kappa shape index (κ1) is 14.9. The van der Waals surface area contributed by atoms with Crippen LogP contribution >= 0.6 is 11.3 Å². The van der Waals surface area contributed by atoms with E-state index < -0.39 is 0 Å². The molecule has 0 saturated carbocycles. The van der Waals surface area contributed by atoms with Crippen LogP contribution in [0.25, 0.3) is 0 Å². The van der Waals surface area contributed by atoms with Crippen molar-refractivity contribution in [2.45, 2.75) is 32.9 Å². The van der Waals surface area contributed by atoms with E-state index in [0.717, 1.165) is 32.5 Å². The van der Waals surface area contributed by atoms with E-state index in [1.54, 1.807) is 0 Å². The van der Waals surface area contributed by atoms with E-state index in [1.807, 2.05) is 11.3 Å². The molecule has 23 heavy (non-hydrogen) atoms. The summed E-state index contributed by atoms with van der Waals surface area (Å²) < 4.78 is 0. The molecule has 4 heteroatoms. The van der Waals surface area contributed by atoms with Crippen molar-refractivity contribution in [3.8, 4) is 0 Å². The second-order valence-electron chi connectivity index (χ2n) is 6.90. The molecule has 1 aromatic carbocycles. The maximum absolute atomic E-state index is 12.8. The van der Waals surface area contributed by atoms with Gasteiger partial charge >= 0.3 is 0 Å². The molecule has 1 atom stereocenters. The van der Waals surface area contributed by atoms with Crippen molar-refractivity contribution in [2.75, 3.05) is 13.1 Å². The molecule has 1 spiro atoms. The standard InChI is InChI=1S/C19H22N2OS/c1-14-6-9-23-17(14)12-21-8-7-19(13-21)10-15-4-2-3-5-16(15)11-20-18(19)22/h2-6,9H,7-8,10-13H2,1H3,(H,20,22). The van der Waals surface area contributed by atoms with Crippen molar-refractivity contribution in [3.05, 3.63) is 57.3 Å². The molecule has 1 N–H and O–H groups in total. The first-order chi connectivity index (χ1) is 11.2. The molecule has 3 nitrogen and oxygen atoms in total. The van der Waals surface area contributed by atoms with Crippen LogP contribution in [0.2, 0.25) is 0 Å². The van der Waals surface area contributed by atoms with Crippen LogP contribution in [0.1, 0.15) is 28.0 Å². The van der Waals surface area contributed by atoms with Crippen molar-refractivity contribution < 1.29 is 4.79 Å². The number of carbonyl (C=O) groups is 1. The van der Waals surface area contributed by atoms with Crippen LogP contribution in [-0.4, -0.2) is 23.9 Å². The first-order valence-electron chi connectivity index (χ1n) is 8.27. The summed E-state index contributed by atoms with van der Waals surface area (Å²) in [7, 11) is 0. The summed E-state index contributed by atoms with van der Waals surface area (Å²) in [6.07, 6.45) is 1.83. The van der Waals surface area contributed by atoms with E-state index in [2.05, 4.69) is 52.9 Å². The fourth-order valence-corrected chi connectivity index (χ4v) is 4.85. The van der Waals surface area contributed by atoms with Crippen LogP contribution in [0.5, 0.6) is 0 Å². The number of rotatable bonds is 2. The lowest BCUT2D eigenvalue weighted by Crippen LogP contribution is -2.42. The third kappa shape index (κ3) is 2.70. The molecule has 1 unspecified atom stereocenters. The zero-order valence-electron chi connectivity index (χ0n) is 13.5. The van der Waals surface area contributed by atoms with Crippen LogP contribution in [-0.2, 0) is 24.3 Å². The number of nitrogens with zero attached hydrogens (tertiary/aromatic N) is 1. The van der Waals surface area contributed by atoms with Gasteiger partial charge in [0.05, 0.1) is 5.41 Å². The number of hydrogen-bond acceptors (Lipinski definition) is 3. The number of carbonyl (C=O) groups excluding carboxylic acids is 1. The Morgan fingerprint density at radius 2 is 2.09 bits per heavy atom. The largest absolute Gasteiger partial charge is 0.351 e. The molecule has 2 aliphatic heterocycles. The molecule has 1 aromatic heterocycles. The first-order valence-corrected chi connectivity index (χ1v) is 9.15. The van der Waals surface area contributed by atoms with Crippen molar-refractivity contribution in [2.24, 2.45) is 5.41 Å². The van der Waals surface area contributed by atoms with Gasteiger partial charge in [-0.25, -0.2) is 0 Å². The molecule has 0 radical (unpaired) electrons. The molecule has 1 fully saturated rings. The minimum Gasteiger partial charge on any atom is -0.351 e. The Morgan fingerprint density at radius 1 is 1.26 bits per heavy atom. The Hall–Kier alpha value is -1.65. The maximum Gasteiger partial charge on any atom is 0.228 e. The molecule has 1 amide bonds. The number of fused-ring (bicyclic) bond motifs is 1. The zero-order chi connectivity index (χ0) is 15.9. The lowest BCUT2D eigenvalue weighted by Gasteiger charge is -2.26. The summed E-state index contributed by atoms with van der Waals surface area (Å²) in [5, 5.41) is 5.32. The highest BCUT2D eigenvalue weighted by molar-refractivity contribution is 7.10. The van der Waals surface area contributed by atoms with Gasteiger partial charge in [-0.15, -0.1) is 11.3 Å². The second kappa shape index (κ2) is 5.77. The highest BCUT2D eigenvalue weighted by Gasteiger charge is 2.45. The van der Waals surface area contributed by atoms with Gasteiger partial charge in [0.1, 0.15) is 0 Å². The van der Waals surface area contributed by atoms with E-state index in [-0.39, 0.29) is 11.3 Å². The average molecular weight is 326 g/mol. The van der Waals surface area contributed by atoms with Gasteiger partial charge in [0.2, 0.25) is 5.91 Å². The Labute approximate surface area is 141 Å². The van der Waals surface area contributed by atoms with E-state index >= 15 is 0 Å². The SMILES string of the molecule is Cc1ccsc1CN1CCC2(Cc3ccccc3CNC2=O)C1. The highest BCUT2D eigenvalue weighted by Crippen LogP contribution is 2.38. The molecule has 1 saturated heterocycles. The monoisotopic (exact) mass is 326 g/mol. The van der Waals surface area contributed by atoms with E-state index in [1.165, 1.54) is 21.6 Å². The number of nitrogens with one attached hydrogen (secondary N) is 1. The lowest BCUT2D eigenvalue weighted by molar-refractivity contribution is -0.130. The van der Waals surface area contributed by atoms with E-state index in [9.17, 15) is 4.79 Å². The van der Waals surface area contributed by atoms with Crippen LogP contribution in [0.4, 0.5) is 0 Å². The number of likely N-dealkylation sites (tertiary alicyclic amines) is 1. The summed E-state index contributed by atoms with van der Waals surface area (Å²) in [5.74, 6) is 0.235. The third-order valence-electron chi connectivity index (χ3n) is 5.34. The fraction of sp³-hybridized carbons (Fsp3) is 0.421. The minimum absolute atomic E-state index is 0.235. The summed E-state index contributed by atoms with van der Waals surface area (Å²) in [5.41, 5.74) is 3.72. The smallest absolute Gasteiger partial charge is 0.228 e. The van der Waals surface area contributed by atoms with Crippen molar-refractivity contribution in [1.29, 1.82) is 0 Å². The summed E-state index contributed by atoms with van der Waals surface area (Å²) in [6.45, 7) is 5.69. The maximum atomic E-state index is 12.8. The average Bonchev–Trinajstić information content (AvgIpc) is 3.10. The lowest BCUT2D eigenvalue weighted by atomic mass is 9.80. The van der Waals surface area contributed by atoms with Crippen molar-refractivity contribution >= 4 is 17.2 Å². The predicted octanol–water partition coefficient (Wildman–Crippen LogP) is 3.12.